The minimum absolute atomic E-state index is 0.0764. The number of rotatable bonds is 7. The second-order valence-electron chi connectivity index (χ2n) is 14.0. The molecule has 55 heavy (non-hydrogen) atoms. The van der Waals surface area contributed by atoms with Gasteiger partial charge in [0.15, 0.2) is 23.0 Å². The molecule has 0 spiro atoms. The number of fused-ring (bicyclic) bond motifs is 3. The summed E-state index contributed by atoms with van der Waals surface area (Å²) in [6.45, 7) is 2.22. The van der Waals surface area contributed by atoms with Crippen LogP contribution in [0.3, 0.4) is 0 Å². The lowest BCUT2D eigenvalue weighted by Crippen LogP contribution is -2.11. The van der Waals surface area contributed by atoms with Crippen LogP contribution in [0.25, 0.3) is 56.0 Å². The molecule has 1 aliphatic rings. The molecule has 0 amide bonds. The van der Waals surface area contributed by atoms with E-state index in [-0.39, 0.29) is 11.3 Å². The summed E-state index contributed by atoms with van der Waals surface area (Å²) in [5.41, 5.74) is 9.35. The van der Waals surface area contributed by atoms with E-state index in [1.54, 1.807) is 11.0 Å². The van der Waals surface area contributed by atoms with Crippen LogP contribution in [0.1, 0.15) is 30.5 Å². The van der Waals surface area contributed by atoms with Crippen molar-refractivity contribution in [3.63, 3.8) is 0 Å². The Kier molecular flexibility index (Phi) is 8.36. The van der Waals surface area contributed by atoms with E-state index in [0.29, 0.717) is 28.5 Å². The number of benzene rings is 7. The molecule has 6 nitrogen and oxygen atoms in total. The number of anilines is 3. The Morgan fingerprint density at radius 1 is 0.527 bits per heavy atom. The van der Waals surface area contributed by atoms with Crippen molar-refractivity contribution < 1.29 is 20.4 Å². The number of hydrogen-bond donors (Lipinski definition) is 4. The molecule has 7 aromatic carbocycles. The van der Waals surface area contributed by atoms with E-state index in [2.05, 4.69) is 35.8 Å². The third-order valence-electron chi connectivity index (χ3n) is 10.7. The SMILES string of the molecule is CC1CC=Cc2c1c1ccccc1n2-c1ccccc1-c1c(O)c(O)c(N(c2ccc(-c3ccccc3)cc2)c2ccc(-c3ccccc3)cc2)c(O)c1O. The molecule has 1 unspecified atom stereocenters. The lowest BCUT2D eigenvalue weighted by molar-refractivity contribution is 0.377. The average Bonchev–Trinajstić information content (AvgIpc) is 3.58. The van der Waals surface area contributed by atoms with Crippen LogP contribution in [0.15, 0.2) is 164 Å². The molecule has 268 valence electrons. The van der Waals surface area contributed by atoms with Gasteiger partial charge >= 0.3 is 0 Å². The molecule has 0 aliphatic heterocycles. The highest BCUT2D eigenvalue weighted by Gasteiger charge is 2.32. The predicted molar refractivity (Wildman–Crippen MR) is 223 cm³/mol. The number of hydrogen-bond acceptors (Lipinski definition) is 5. The summed E-state index contributed by atoms with van der Waals surface area (Å²) >= 11 is 0. The Bertz CT molecular complexity index is 2600. The van der Waals surface area contributed by atoms with E-state index in [4.69, 9.17) is 0 Å². The normalized spacial score (nSPS) is 13.5. The second-order valence-corrected chi connectivity index (χ2v) is 14.0. The van der Waals surface area contributed by atoms with Gasteiger partial charge < -0.3 is 29.9 Å². The Labute approximate surface area is 319 Å². The van der Waals surface area contributed by atoms with Crippen molar-refractivity contribution in [1.82, 2.24) is 4.57 Å². The van der Waals surface area contributed by atoms with Crippen molar-refractivity contribution in [3.05, 3.63) is 175 Å². The van der Waals surface area contributed by atoms with Crippen molar-refractivity contribution >= 4 is 34.0 Å². The lowest BCUT2D eigenvalue weighted by atomic mass is 9.90. The minimum Gasteiger partial charge on any atom is -0.504 e. The summed E-state index contributed by atoms with van der Waals surface area (Å²) in [5, 5.41) is 49.2. The van der Waals surface area contributed by atoms with E-state index < -0.39 is 23.0 Å². The van der Waals surface area contributed by atoms with Gasteiger partial charge in [-0.25, -0.2) is 0 Å². The first kappa shape index (κ1) is 33.6. The molecule has 6 heteroatoms. The number of phenolic OH excluding ortho intramolecular Hbond substituents is 4. The standard InChI is InChI=1S/C49H38N2O4/c1-31-13-12-22-42-43(31)38-18-8-10-20-40(38)51(42)41-21-11-9-19-39(41)44-46(52)48(54)45(49(55)47(44)53)50(36-27-23-34(24-28-36)32-14-4-2-5-15-32)37-29-25-35(26-30-37)33-16-6-3-7-17-33/h2-12,14-31,52-55H,13H2,1H3. The smallest absolute Gasteiger partial charge is 0.186 e. The highest BCUT2D eigenvalue weighted by atomic mass is 16.3. The zero-order valence-corrected chi connectivity index (χ0v) is 30.1. The summed E-state index contributed by atoms with van der Waals surface area (Å²) in [6, 6.07) is 51.0. The molecule has 8 aromatic rings. The molecule has 1 aromatic heterocycles. The molecule has 4 N–H and O–H groups in total. The Morgan fingerprint density at radius 2 is 1.02 bits per heavy atom. The average molecular weight is 719 g/mol. The largest absolute Gasteiger partial charge is 0.504 e. The number of nitrogens with zero attached hydrogens (tertiary/aromatic N) is 2. The first-order valence-electron chi connectivity index (χ1n) is 18.4. The topological polar surface area (TPSA) is 89.1 Å². The van der Waals surface area contributed by atoms with Crippen molar-refractivity contribution in [2.24, 2.45) is 0 Å². The van der Waals surface area contributed by atoms with Gasteiger partial charge in [-0.1, -0.05) is 134 Å². The van der Waals surface area contributed by atoms with Gasteiger partial charge in [0.1, 0.15) is 5.69 Å². The lowest BCUT2D eigenvalue weighted by Gasteiger charge is -2.29. The second kappa shape index (κ2) is 13.7. The number of para-hydroxylation sites is 2. The van der Waals surface area contributed by atoms with E-state index in [9.17, 15) is 20.4 Å². The Hall–Kier alpha value is -7.18. The first-order valence-corrected chi connectivity index (χ1v) is 18.4. The summed E-state index contributed by atoms with van der Waals surface area (Å²) in [4.78, 5) is 1.64. The molecule has 1 heterocycles. The van der Waals surface area contributed by atoms with Gasteiger partial charge in [-0.2, -0.15) is 0 Å². The molecule has 0 saturated heterocycles. The summed E-state index contributed by atoms with van der Waals surface area (Å²) in [6.07, 6.45) is 5.21. The van der Waals surface area contributed by atoms with Crippen molar-refractivity contribution in [3.8, 4) is 62.1 Å². The number of allylic oxidation sites excluding steroid dienone is 1. The Balaban J connectivity index is 1.22. The molecule has 1 atom stereocenters. The highest BCUT2D eigenvalue weighted by molar-refractivity contribution is 5.98. The van der Waals surface area contributed by atoms with Crippen LogP contribution in [-0.2, 0) is 0 Å². The van der Waals surface area contributed by atoms with Gasteiger partial charge in [-0.05, 0) is 82.6 Å². The summed E-state index contributed by atoms with van der Waals surface area (Å²) in [7, 11) is 0. The van der Waals surface area contributed by atoms with E-state index >= 15 is 0 Å². The van der Waals surface area contributed by atoms with E-state index in [0.717, 1.165) is 45.3 Å². The monoisotopic (exact) mass is 718 g/mol. The molecule has 1 aliphatic carbocycles. The van der Waals surface area contributed by atoms with Crippen LogP contribution < -0.4 is 4.90 Å². The van der Waals surface area contributed by atoms with Crippen LogP contribution in [-0.4, -0.2) is 25.0 Å². The van der Waals surface area contributed by atoms with Gasteiger partial charge in [-0.3, -0.25) is 0 Å². The van der Waals surface area contributed by atoms with Gasteiger partial charge in [0, 0.05) is 22.3 Å². The Morgan fingerprint density at radius 3 is 1.60 bits per heavy atom. The molecule has 0 saturated carbocycles. The van der Waals surface area contributed by atoms with Crippen LogP contribution in [0.5, 0.6) is 23.0 Å². The molecule has 0 fully saturated rings. The molecule has 0 radical (unpaired) electrons. The fraction of sp³-hybridized carbons (Fsp3) is 0.0612. The fourth-order valence-corrected chi connectivity index (χ4v) is 8.03. The maximum Gasteiger partial charge on any atom is 0.186 e. The van der Waals surface area contributed by atoms with Crippen molar-refractivity contribution in [2.75, 3.05) is 4.90 Å². The minimum atomic E-state index is -0.577. The maximum atomic E-state index is 12.0. The van der Waals surface area contributed by atoms with E-state index in [1.807, 2.05) is 140 Å². The third kappa shape index (κ3) is 5.67. The highest BCUT2D eigenvalue weighted by Crippen LogP contribution is 2.59. The summed E-state index contributed by atoms with van der Waals surface area (Å²) < 4.78 is 2.13. The summed E-state index contributed by atoms with van der Waals surface area (Å²) in [5.74, 6) is -1.97. The number of aromatic hydroxyl groups is 4. The third-order valence-corrected chi connectivity index (χ3v) is 10.7. The molecule has 0 bridgehead atoms. The van der Waals surface area contributed by atoms with Gasteiger partial charge in [0.25, 0.3) is 0 Å². The maximum absolute atomic E-state index is 12.0. The van der Waals surface area contributed by atoms with Gasteiger partial charge in [-0.15, -0.1) is 0 Å². The van der Waals surface area contributed by atoms with Gasteiger partial charge in [0.05, 0.1) is 22.5 Å². The number of aromatic nitrogens is 1. The van der Waals surface area contributed by atoms with Crippen LogP contribution in [0.2, 0.25) is 0 Å². The van der Waals surface area contributed by atoms with Crippen LogP contribution >= 0.6 is 0 Å². The zero-order chi connectivity index (χ0) is 37.6. The van der Waals surface area contributed by atoms with E-state index in [1.165, 1.54) is 5.56 Å². The van der Waals surface area contributed by atoms with Crippen LogP contribution in [0, 0.1) is 0 Å². The van der Waals surface area contributed by atoms with Crippen molar-refractivity contribution in [2.45, 2.75) is 19.3 Å². The molecule has 9 rings (SSSR count). The quantitative estimate of drug-likeness (QED) is 0.0973. The number of phenols is 4. The molecular formula is C49H38N2O4. The zero-order valence-electron chi connectivity index (χ0n) is 30.1. The van der Waals surface area contributed by atoms with Gasteiger partial charge in [0.2, 0.25) is 0 Å². The molecular weight excluding hydrogens is 681 g/mol. The predicted octanol–water partition coefficient (Wildman–Crippen LogP) is 12.4. The first-order chi connectivity index (χ1) is 26.9. The van der Waals surface area contributed by atoms with Crippen molar-refractivity contribution in [1.29, 1.82) is 0 Å². The van der Waals surface area contributed by atoms with Crippen LogP contribution in [0.4, 0.5) is 17.1 Å². The fourth-order valence-electron chi connectivity index (χ4n) is 8.03.